The second-order valence-electron chi connectivity index (χ2n) is 3.56. The van der Waals surface area contributed by atoms with Crippen LogP contribution < -0.4 is 4.74 Å². The molecule has 0 bridgehead atoms. The summed E-state index contributed by atoms with van der Waals surface area (Å²) in [5.74, 6) is 0.815. The highest BCUT2D eigenvalue weighted by Crippen LogP contribution is 2.24. The number of rotatable bonds is 3. The summed E-state index contributed by atoms with van der Waals surface area (Å²) >= 11 is 0. The van der Waals surface area contributed by atoms with Gasteiger partial charge in [-0.25, -0.2) is 4.98 Å². The van der Waals surface area contributed by atoms with Gasteiger partial charge in [0, 0.05) is 6.20 Å². The summed E-state index contributed by atoms with van der Waals surface area (Å²) in [6, 6.07) is 5.95. The van der Waals surface area contributed by atoms with Crippen molar-refractivity contribution in [3.05, 3.63) is 48.6 Å². The molecule has 2 rings (SSSR count). The molecule has 0 fully saturated rings. The lowest BCUT2D eigenvalue weighted by Crippen LogP contribution is -1.95. The number of imidazole rings is 1. The summed E-state index contributed by atoms with van der Waals surface area (Å²) in [6.07, 6.45) is 5.54. The molecule has 0 aliphatic carbocycles. The molecule has 0 atom stereocenters. The van der Waals surface area contributed by atoms with Crippen LogP contribution >= 0.6 is 0 Å². The molecule has 0 N–H and O–H groups in total. The number of methoxy groups -OCH3 is 1. The van der Waals surface area contributed by atoms with Gasteiger partial charge < -0.3 is 9.30 Å². The molecule has 0 saturated carbocycles. The van der Waals surface area contributed by atoms with Crippen molar-refractivity contribution < 1.29 is 4.74 Å². The number of nitrogens with zero attached hydrogens (tertiary/aromatic N) is 2. The quantitative estimate of drug-likeness (QED) is 0.785. The number of hydrogen-bond donors (Lipinski definition) is 0. The smallest absolute Gasteiger partial charge is 0.143 e. The first-order valence-electron chi connectivity index (χ1n) is 5.06. The van der Waals surface area contributed by atoms with E-state index in [1.165, 1.54) is 0 Å². The summed E-state index contributed by atoms with van der Waals surface area (Å²) in [6.45, 7) is 5.70. The Morgan fingerprint density at radius 3 is 2.81 bits per heavy atom. The fourth-order valence-corrected chi connectivity index (χ4v) is 1.59. The normalized spacial score (nSPS) is 10.1. The van der Waals surface area contributed by atoms with Crippen molar-refractivity contribution in [2.75, 3.05) is 7.11 Å². The number of aryl methyl sites for hydroxylation is 1. The lowest BCUT2D eigenvalue weighted by molar-refractivity contribution is 0.413. The zero-order chi connectivity index (χ0) is 11.5. The minimum absolute atomic E-state index is 0.815. The average molecular weight is 214 g/mol. The van der Waals surface area contributed by atoms with E-state index in [2.05, 4.69) is 11.6 Å². The van der Waals surface area contributed by atoms with Gasteiger partial charge in [0.25, 0.3) is 0 Å². The van der Waals surface area contributed by atoms with E-state index in [0.29, 0.717) is 0 Å². The fourth-order valence-electron chi connectivity index (χ4n) is 1.59. The Labute approximate surface area is 95.0 Å². The number of aromatic nitrogens is 2. The molecular weight excluding hydrogens is 200 g/mol. The van der Waals surface area contributed by atoms with Crippen molar-refractivity contribution in [2.24, 2.45) is 0 Å². The van der Waals surface area contributed by atoms with Gasteiger partial charge in [-0.2, -0.15) is 0 Å². The van der Waals surface area contributed by atoms with E-state index in [1.807, 2.05) is 35.9 Å². The topological polar surface area (TPSA) is 27.1 Å². The van der Waals surface area contributed by atoms with Gasteiger partial charge in [0.1, 0.15) is 5.75 Å². The van der Waals surface area contributed by atoms with E-state index in [1.54, 1.807) is 19.5 Å². The SMILES string of the molecule is C=Cc1ccc(-n2cnc(C)c2)c(OC)c1. The highest BCUT2D eigenvalue weighted by Gasteiger charge is 2.05. The summed E-state index contributed by atoms with van der Waals surface area (Å²) in [5, 5.41) is 0. The van der Waals surface area contributed by atoms with Crippen LogP contribution in [-0.4, -0.2) is 16.7 Å². The van der Waals surface area contributed by atoms with E-state index in [0.717, 1.165) is 22.7 Å². The second-order valence-corrected chi connectivity index (χ2v) is 3.56. The largest absolute Gasteiger partial charge is 0.495 e. The third-order valence-corrected chi connectivity index (χ3v) is 2.43. The molecule has 0 aliphatic rings. The Balaban J connectivity index is 2.52. The van der Waals surface area contributed by atoms with E-state index in [4.69, 9.17) is 4.74 Å². The van der Waals surface area contributed by atoms with E-state index < -0.39 is 0 Å². The van der Waals surface area contributed by atoms with Crippen LogP contribution in [0.5, 0.6) is 5.75 Å². The standard InChI is InChI=1S/C13H14N2O/c1-4-11-5-6-12(13(7-11)16-3)15-8-10(2)14-9-15/h4-9H,1H2,2-3H3. The number of hydrogen-bond acceptors (Lipinski definition) is 2. The Bertz CT molecular complexity index is 514. The first-order valence-corrected chi connectivity index (χ1v) is 5.06. The van der Waals surface area contributed by atoms with Crippen LogP contribution in [0.3, 0.4) is 0 Å². The fraction of sp³-hybridized carbons (Fsp3) is 0.154. The summed E-state index contributed by atoms with van der Waals surface area (Å²) in [4.78, 5) is 4.20. The van der Waals surface area contributed by atoms with Gasteiger partial charge in [0.15, 0.2) is 0 Å². The molecule has 82 valence electrons. The van der Waals surface area contributed by atoms with Crippen LogP contribution in [0.4, 0.5) is 0 Å². The molecule has 2 aromatic rings. The molecular formula is C13H14N2O. The second kappa shape index (κ2) is 4.23. The van der Waals surface area contributed by atoms with Crippen molar-refractivity contribution in [2.45, 2.75) is 6.92 Å². The van der Waals surface area contributed by atoms with Crippen LogP contribution in [0.2, 0.25) is 0 Å². The molecule has 1 aromatic heterocycles. The first kappa shape index (κ1) is 10.5. The Morgan fingerprint density at radius 1 is 1.44 bits per heavy atom. The van der Waals surface area contributed by atoms with Crippen LogP contribution in [0, 0.1) is 6.92 Å². The molecule has 16 heavy (non-hydrogen) atoms. The molecule has 1 heterocycles. The van der Waals surface area contributed by atoms with Crippen molar-refractivity contribution in [1.29, 1.82) is 0 Å². The summed E-state index contributed by atoms with van der Waals surface area (Å²) < 4.78 is 7.30. The molecule has 0 saturated heterocycles. The van der Waals surface area contributed by atoms with Crippen LogP contribution in [0.15, 0.2) is 37.3 Å². The molecule has 0 radical (unpaired) electrons. The first-order chi connectivity index (χ1) is 7.74. The maximum absolute atomic E-state index is 5.36. The Morgan fingerprint density at radius 2 is 2.25 bits per heavy atom. The lowest BCUT2D eigenvalue weighted by atomic mass is 10.2. The predicted molar refractivity (Wildman–Crippen MR) is 64.9 cm³/mol. The lowest BCUT2D eigenvalue weighted by Gasteiger charge is -2.09. The highest BCUT2D eigenvalue weighted by molar-refractivity contribution is 5.57. The molecule has 0 unspecified atom stereocenters. The Kier molecular flexibility index (Phi) is 2.77. The maximum atomic E-state index is 5.36. The number of benzene rings is 1. The van der Waals surface area contributed by atoms with Crippen molar-refractivity contribution >= 4 is 6.08 Å². The van der Waals surface area contributed by atoms with E-state index in [9.17, 15) is 0 Å². The zero-order valence-corrected chi connectivity index (χ0v) is 9.47. The third kappa shape index (κ3) is 1.84. The molecule has 0 aliphatic heterocycles. The van der Waals surface area contributed by atoms with Crippen molar-refractivity contribution in [3.8, 4) is 11.4 Å². The monoisotopic (exact) mass is 214 g/mol. The maximum Gasteiger partial charge on any atom is 0.143 e. The Hall–Kier alpha value is -2.03. The van der Waals surface area contributed by atoms with Gasteiger partial charge >= 0.3 is 0 Å². The van der Waals surface area contributed by atoms with Crippen LogP contribution in [-0.2, 0) is 0 Å². The molecule has 1 aromatic carbocycles. The molecule has 0 spiro atoms. The van der Waals surface area contributed by atoms with Crippen molar-refractivity contribution in [1.82, 2.24) is 9.55 Å². The minimum Gasteiger partial charge on any atom is -0.495 e. The van der Waals surface area contributed by atoms with Crippen molar-refractivity contribution in [3.63, 3.8) is 0 Å². The third-order valence-electron chi connectivity index (χ3n) is 2.43. The predicted octanol–water partition coefficient (Wildman–Crippen LogP) is 2.83. The van der Waals surface area contributed by atoms with Gasteiger partial charge in [-0.1, -0.05) is 18.7 Å². The molecule has 3 nitrogen and oxygen atoms in total. The van der Waals surface area contributed by atoms with E-state index >= 15 is 0 Å². The van der Waals surface area contributed by atoms with Crippen LogP contribution in [0.1, 0.15) is 11.3 Å². The highest BCUT2D eigenvalue weighted by atomic mass is 16.5. The number of ether oxygens (including phenoxy) is 1. The summed E-state index contributed by atoms with van der Waals surface area (Å²) in [7, 11) is 1.66. The molecule has 0 amide bonds. The van der Waals surface area contributed by atoms with Gasteiger partial charge in [-0.3, -0.25) is 0 Å². The average Bonchev–Trinajstić information content (AvgIpc) is 2.74. The van der Waals surface area contributed by atoms with E-state index in [-0.39, 0.29) is 0 Å². The summed E-state index contributed by atoms with van der Waals surface area (Å²) in [5.41, 5.74) is 3.00. The van der Waals surface area contributed by atoms with Gasteiger partial charge in [0.2, 0.25) is 0 Å². The molecule has 3 heteroatoms. The minimum atomic E-state index is 0.815. The van der Waals surface area contributed by atoms with Gasteiger partial charge in [0.05, 0.1) is 24.8 Å². The van der Waals surface area contributed by atoms with Gasteiger partial charge in [-0.15, -0.1) is 0 Å². The zero-order valence-electron chi connectivity index (χ0n) is 9.47. The van der Waals surface area contributed by atoms with Crippen LogP contribution in [0.25, 0.3) is 11.8 Å². The van der Waals surface area contributed by atoms with Gasteiger partial charge in [-0.05, 0) is 24.6 Å².